The number of allylic oxidation sites excluding steroid dienone is 1. The molecule has 1 saturated heterocycles. The lowest BCUT2D eigenvalue weighted by Crippen LogP contribution is -2.43. The molecule has 0 radical (unpaired) electrons. The van der Waals surface area contributed by atoms with Gasteiger partial charge in [-0.1, -0.05) is 44.2 Å². The largest absolute Gasteiger partial charge is 0.396 e. The van der Waals surface area contributed by atoms with E-state index in [1.54, 1.807) is 12.3 Å². The van der Waals surface area contributed by atoms with Crippen LogP contribution >= 0.6 is 0 Å². The molecular formula is C25H27N3O2. The second-order valence-electron chi connectivity index (χ2n) is 8.62. The van der Waals surface area contributed by atoms with Crippen molar-refractivity contribution in [3.05, 3.63) is 59.9 Å². The molecule has 5 heteroatoms. The summed E-state index contributed by atoms with van der Waals surface area (Å²) in [6, 6.07) is 13.8. The molecule has 1 aromatic heterocycles. The number of nitrogens with one attached hydrogen (secondary N) is 1. The zero-order chi connectivity index (χ0) is 21.3. The molecule has 1 amide bonds. The van der Waals surface area contributed by atoms with Gasteiger partial charge in [0.25, 0.3) is 0 Å². The quantitative estimate of drug-likeness (QED) is 0.819. The molecule has 5 nitrogen and oxygen atoms in total. The molecule has 0 bridgehead atoms. The van der Waals surface area contributed by atoms with Crippen molar-refractivity contribution < 1.29 is 9.90 Å². The zero-order valence-electron chi connectivity index (χ0n) is 17.3. The normalized spacial score (nSPS) is 30.7. The lowest BCUT2D eigenvalue weighted by atomic mass is 9.63. The molecule has 6 atom stereocenters. The predicted molar refractivity (Wildman–Crippen MR) is 116 cm³/mol. The monoisotopic (exact) mass is 401 g/mol. The van der Waals surface area contributed by atoms with Crippen LogP contribution < -0.4 is 5.32 Å². The van der Waals surface area contributed by atoms with E-state index in [0.717, 1.165) is 23.2 Å². The summed E-state index contributed by atoms with van der Waals surface area (Å²) in [5.74, 6) is 0.883. The number of rotatable bonds is 4. The highest BCUT2D eigenvalue weighted by molar-refractivity contribution is 5.82. The minimum absolute atomic E-state index is 0.0224. The first-order valence-corrected chi connectivity index (χ1v) is 10.6. The number of carbonyl (C=O) groups is 1. The van der Waals surface area contributed by atoms with E-state index in [1.165, 1.54) is 0 Å². The van der Waals surface area contributed by atoms with E-state index in [-0.39, 0.29) is 36.3 Å². The van der Waals surface area contributed by atoms with Crippen molar-refractivity contribution in [2.75, 3.05) is 6.61 Å². The third-order valence-corrected chi connectivity index (χ3v) is 7.00. The molecule has 1 aromatic carbocycles. The fourth-order valence-corrected chi connectivity index (χ4v) is 5.15. The summed E-state index contributed by atoms with van der Waals surface area (Å²) < 4.78 is 0. The molecule has 1 aliphatic heterocycles. The van der Waals surface area contributed by atoms with Crippen molar-refractivity contribution in [1.82, 2.24) is 10.3 Å². The number of aliphatic hydroxyl groups is 1. The molecule has 2 aromatic rings. The van der Waals surface area contributed by atoms with Crippen LogP contribution in [0.25, 0.3) is 17.2 Å². The Labute approximate surface area is 177 Å². The van der Waals surface area contributed by atoms with E-state index in [2.05, 4.69) is 36.3 Å². The first kappa shape index (κ1) is 20.3. The van der Waals surface area contributed by atoms with E-state index >= 15 is 0 Å². The van der Waals surface area contributed by atoms with Crippen molar-refractivity contribution in [2.45, 2.75) is 26.3 Å². The van der Waals surface area contributed by atoms with Gasteiger partial charge in [-0.2, -0.15) is 5.26 Å². The molecule has 30 heavy (non-hydrogen) atoms. The van der Waals surface area contributed by atoms with Crippen LogP contribution in [-0.2, 0) is 4.79 Å². The Kier molecular flexibility index (Phi) is 5.69. The maximum absolute atomic E-state index is 12.3. The van der Waals surface area contributed by atoms with E-state index in [9.17, 15) is 15.2 Å². The van der Waals surface area contributed by atoms with E-state index in [1.807, 2.05) is 36.4 Å². The number of hydrogen-bond acceptors (Lipinski definition) is 4. The standard InChI is InChI=1S/C25H27N3O2/c1-15-11-23-24(22(14-29)25(30)28-23)20(16(15)2)10-9-19-8-7-18(13-27-19)21-6-4-3-5-17(21)12-26/h3-10,13,15-16,20,22-24,29H,11,14H2,1-2H3,(H,28,30)/b10-9+/t15-,16+,20-,22+,23+,24+/m0/s1. The Balaban J connectivity index is 1.57. The fraction of sp³-hybridized carbons (Fsp3) is 0.400. The van der Waals surface area contributed by atoms with Gasteiger partial charge < -0.3 is 10.4 Å². The van der Waals surface area contributed by atoms with Crippen LogP contribution in [0.3, 0.4) is 0 Å². The Morgan fingerprint density at radius 2 is 2.07 bits per heavy atom. The zero-order valence-corrected chi connectivity index (χ0v) is 17.3. The number of hydrogen-bond donors (Lipinski definition) is 2. The molecular weight excluding hydrogens is 374 g/mol. The van der Waals surface area contributed by atoms with Gasteiger partial charge in [-0.05, 0) is 48.3 Å². The van der Waals surface area contributed by atoms with E-state index < -0.39 is 0 Å². The molecule has 2 aliphatic rings. The first-order valence-electron chi connectivity index (χ1n) is 10.6. The minimum atomic E-state index is -0.336. The number of aliphatic hydroxyl groups excluding tert-OH is 1. The van der Waals surface area contributed by atoms with E-state index in [4.69, 9.17) is 0 Å². The number of carbonyl (C=O) groups excluding carboxylic acids is 1. The third-order valence-electron chi connectivity index (χ3n) is 7.00. The second-order valence-corrected chi connectivity index (χ2v) is 8.62. The highest BCUT2D eigenvalue weighted by Gasteiger charge is 2.50. The lowest BCUT2D eigenvalue weighted by molar-refractivity contribution is -0.124. The smallest absolute Gasteiger partial charge is 0.226 e. The molecule has 0 unspecified atom stereocenters. The number of benzene rings is 1. The molecule has 154 valence electrons. The molecule has 0 spiro atoms. The van der Waals surface area contributed by atoms with Crippen molar-refractivity contribution in [3.63, 3.8) is 0 Å². The summed E-state index contributed by atoms with van der Waals surface area (Å²) in [6.07, 6.45) is 6.95. The summed E-state index contributed by atoms with van der Waals surface area (Å²) in [4.78, 5) is 16.9. The molecule has 2 heterocycles. The molecule has 2 fully saturated rings. The Bertz CT molecular complexity index is 992. The van der Waals surface area contributed by atoms with Crippen LogP contribution in [0.15, 0.2) is 48.7 Å². The third kappa shape index (κ3) is 3.64. The molecule has 1 aliphatic carbocycles. The van der Waals surface area contributed by atoms with Crippen molar-refractivity contribution in [1.29, 1.82) is 5.26 Å². The highest BCUT2D eigenvalue weighted by atomic mass is 16.3. The van der Waals surface area contributed by atoms with Crippen LogP contribution in [0, 0.1) is 40.9 Å². The number of nitriles is 1. The summed E-state index contributed by atoms with van der Waals surface area (Å²) in [5.41, 5.74) is 3.26. The van der Waals surface area contributed by atoms with Gasteiger partial charge in [-0.3, -0.25) is 9.78 Å². The first-order chi connectivity index (χ1) is 14.5. The number of amides is 1. The number of aromatic nitrogens is 1. The minimum Gasteiger partial charge on any atom is -0.396 e. The second kappa shape index (κ2) is 8.41. The number of nitrogens with zero attached hydrogens (tertiary/aromatic N) is 2. The van der Waals surface area contributed by atoms with Crippen LogP contribution in [0.1, 0.15) is 31.5 Å². The summed E-state index contributed by atoms with van der Waals surface area (Å²) in [5, 5.41) is 22.2. The SMILES string of the molecule is C[C@H]1[C@H](/C=C/c2ccc(-c3ccccc3C#N)cn2)[C@H]2[C@@H](C[C@@H]1C)NC(=O)[C@@H]2CO. The van der Waals surface area contributed by atoms with E-state index in [0.29, 0.717) is 17.4 Å². The van der Waals surface area contributed by atoms with Gasteiger partial charge in [0.1, 0.15) is 0 Å². The lowest BCUT2D eigenvalue weighted by Gasteiger charge is -2.42. The average molecular weight is 402 g/mol. The molecule has 2 N–H and O–H groups in total. The Morgan fingerprint density at radius 1 is 1.27 bits per heavy atom. The van der Waals surface area contributed by atoms with Crippen LogP contribution in [0.5, 0.6) is 0 Å². The summed E-state index contributed by atoms with van der Waals surface area (Å²) in [6.45, 7) is 4.37. The van der Waals surface area contributed by atoms with Crippen LogP contribution in [0.4, 0.5) is 0 Å². The summed E-state index contributed by atoms with van der Waals surface area (Å²) in [7, 11) is 0. The fourth-order valence-electron chi connectivity index (χ4n) is 5.15. The van der Waals surface area contributed by atoms with Crippen LogP contribution in [0.2, 0.25) is 0 Å². The van der Waals surface area contributed by atoms with Gasteiger partial charge in [0, 0.05) is 23.4 Å². The Hall–Kier alpha value is -2.97. The maximum atomic E-state index is 12.3. The molecule has 1 saturated carbocycles. The van der Waals surface area contributed by atoms with Crippen LogP contribution in [-0.4, -0.2) is 28.6 Å². The average Bonchev–Trinajstić information content (AvgIpc) is 3.08. The van der Waals surface area contributed by atoms with Gasteiger partial charge in [0.05, 0.1) is 29.9 Å². The summed E-state index contributed by atoms with van der Waals surface area (Å²) >= 11 is 0. The maximum Gasteiger partial charge on any atom is 0.226 e. The molecule has 4 rings (SSSR count). The number of fused-ring (bicyclic) bond motifs is 1. The van der Waals surface area contributed by atoms with Gasteiger partial charge in [0.15, 0.2) is 0 Å². The van der Waals surface area contributed by atoms with Gasteiger partial charge in [-0.25, -0.2) is 0 Å². The van der Waals surface area contributed by atoms with Crippen molar-refractivity contribution in [2.24, 2.45) is 29.6 Å². The number of pyridine rings is 1. The van der Waals surface area contributed by atoms with Gasteiger partial charge in [0.2, 0.25) is 5.91 Å². The van der Waals surface area contributed by atoms with Crippen molar-refractivity contribution >= 4 is 12.0 Å². The predicted octanol–water partition coefficient (Wildman–Crippen LogP) is 3.65. The van der Waals surface area contributed by atoms with Crippen molar-refractivity contribution in [3.8, 4) is 17.2 Å². The Morgan fingerprint density at radius 3 is 2.77 bits per heavy atom. The highest BCUT2D eigenvalue weighted by Crippen LogP contribution is 2.45. The van der Waals surface area contributed by atoms with Gasteiger partial charge >= 0.3 is 0 Å². The van der Waals surface area contributed by atoms with Gasteiger partial charge in [-0.15, -0.1) is 0 Å². The topological polar surface area (TPSA) is 86.0 Å².